The first kappa shape index (κ1) is 15.0. The van der Waals surface area contributed by atoms with Crippen molar-refractivity contribution in [2.24, 2.45) is 0 Å². The van der Waals surface area contributed by atoms with Gasteiger partial charge in [0.05, 0.1) is 19.3 Å². The van der Waals surface area contributed by atoms with E-state index >= 15 is 0 Å². The normalized spacial score (nSPS) is 10.2. The lowest BCUT2D eigenvalue weighted by atomic mass is 10.1. The molecule has 0 aromatic heterocycles. The van der Waals surface area contributed by atoms with Crippen molar-refractivity contribution < 1.29 is 32.2 Å². The fraction of sp³-hybridized carbons (Fsp3) is 0.333. The molecule has 0 heterocycles. The Morgan fingerprint density at radius 3 is 2.37 bits per heavy atom. The van der Waals surface area contributed by atoms with Gasteiger partial charge in [-0.1, -0.05) is 0 Å². The standard InChI is InChI=1S/C12H11F3O4/c1-3-19-9(17)5-8(16)10-6(13)4-7(14)12(18-2)11(10)15/h4H,3,5H2,1-2H3. The number of ketones is 1. The number of hydrogen-bond acceptors (Lipinski definition) is 4. The first-order valence-corrected chi connectivity index (χ1v) is 5.32. The molecule has 0 amide bonds. The minimum Gasteiger partial charge on any atom is -0.491 e. The van der Waals surface area contributed by atoms with E-state index in [0.29, 0.717) is 6.07 Å². The molecule has 0 atom stereocenters. The predicted molar refractivity (Wildman–Crippen MR) is 58.4 cm³/mol. The van der Waals surface area contributed by atoms with Crippen molar-refractivity contribution in [1.82, 2.24) is 0 Å². The predicted octanol–water partition coefficient (Wildman–Crippen LogP) is 2.25. The van der Waals surface area contributed by atoms with Crippen molar-refractivity contribution in [3.8, 4) is 5.75 Å². The van der Waals surface area contributed by atoms with Gasteiger partial charge in [-0.15, -0.1) is 0 Å². The first-order chi connectivity index (χ1) is 8.92. The van der Waals surface area contributed by atoms with Gasteiger partial charge in [-0.2, -0.15) is 0 Å². The van der Waals surface area contributed by atoms with Crippen LogP contribution in [0.15, 0.2) is 6.07 Å². The zero-order chi connectivity index (χ0) is 14.6. The molecule has 7 heteroatoms. The zero-order valence-electron chi connectivity index (χ0n) is 10.3. The van der Waals surface area contributed by atoms with E-state index in [2.05, 4.69) is 9.47 Å². The van der Waals surface area contributed by atoms with E-state index in [9.17, 15) is 22.8 Å². The topological polar surface area (TPSA) is 52.6 Å². The molecular formula is C12H11F3O4. The second kappa shape index (κ2) is 6.21. The molecule has 0 radical (unpaired) electrons. The summed E-state index contributed by atoms with van der Waals surface area (Å²) in [6.07, 6.45) is -0.837. The maximum atomic E-state index is 13.7. The second-order valence-corrected chi connectivity index (χ2v) is 3.47. The third-order valence-corrected chi connectivity index (χ3v) is 2.22. The molecule has 0 saturated carbocycles. The van der Waals surface area contributed by atoms with Crippen LogP contribution >= 0.6 is 0 Å². The fourth-order valence-electron chi connectivity index (χ4n) is 1.45. The van der Waals surface area contributed by atoms with E-state index in [0.717, 1.165) is 7.11 Å². The lowest BCUT2D eigenvalue weighted by Gasteiger charge is -2.09. The largest absolute Gasteiger partial charge is 0.491 e. The lowest BCUT2D eigenvalue weighted by molar-refractivity contribution is -0.141. The number of esters is 1. The number of benzene rings is 1. The highest BCUT2D eigenvalue weighted by molar-refractivity contribution is 6.06. The second-order valence-electron chi connectivity index (χ2n) is 3.47. The summed E-state index contributed by atoms with van der Waals surface area (Å²) in [5.41, 5.74) is -1.02. The average Bonchev–Trinajstić information content (AvgIpc) is 2.28. The molecule has 4 nitrogen and oxygen atoms in total. The van der Waals surface area contributed by atoms with Crippen LogP contribution < -0.4 is 4.74 Å². The third-order valence-electron chi connectivity index (χ3n) is 2.22. The molecule has 1 aromatic carbocycles. The Morgan fingerprint density at radius 1 is 1.21 bits per heavy atom. The highest BCUT2D eigenvalue weighted by Crippen LogP contribution is 2.27. The number of carbonyl (C=O) groups is 2. The molecule has 1 rings (SSSR count). The van der Waals surface area contributed by atoms with Gasteiger partial charge in [-0.05, 0) is 6.92 Å². The Labute approximate surface area is 107 Å². The van der Waals surface area contributed by atoms with Crippen LogP contribution in [-0.4, -0.2) is 25.5 Å². The van der Waals surface area contributed by atoms with E-state index < -0.39 is 46.9 Å². The number of halogens is 3. The van der Waals surface area contributed by atoms with Gasteiger partial charge in [0.1, 0.15) is 12.2 Å². The molecule has 0 spiro atoms. The molecule has 0 unspecified atom stereocenters. The number of carbonyl (C=O) groups excluding carboxylic acids is 2. The van der Waals surface area contributed by atoms with E-state index in [1.165, 1.54) is 6.92 Å². The summed E-state index contributed by atoms with van der Waals surface area (Å²) >= 11 is 0. The van der Waals surface area contributed by atoms with Crippen molar-refractivity contribution in [3.63, 3.8) is 0 Å². The average molecular weight is 276 g/mol. The highest BCUT2D eigenvalue weighted by atomic mass is 19.1. The van der Waals surface area contributed by atoms with Gasteiger partial charge >= 0.3 is 5.97 Å². The van der Waals surface area contributed by atoms with Crippen LogP contribution in [0.5, 0.6) is 5.75 Å². The van der Waals surface area contributed by atoms with Crippen LogP contribution in [0, 0.1) is 17.5 Å². The van der Waals surface area contributed by atoms with E-state index in [1.807, 2.05) is 0 Å². The van der Waals surface area contributed by atoms with Crippen LogP contribution in [0.4, 0.5) is 13.2 Å². The Bertz CT molecular complexity index is 514. The maximum absolute atomic E-state index is 13.7. The monoisotopic (exact) mass is 276 g/mol. The summed E-state index contributed by atoms with van der Waals surface area (Å²) in [6, 6.07) is 0.320. The molecule has 0 aliphatic rings. The van der Waals surface area contributed by atoms with E-state index in [-0.39, 0.29) is 6.61 Å². The zero-order valence-corrected chi connectivity index (χ0v) is 10.3. The molecule has 1 aromatic rings. The number of Topliss-reactive ketones (excluding diaryl/α,β-unsaturated/α-hetero) is 1. The van der Waals surface area contributed by atoms with Gasteiger partial charge in [0, 0.05) is 6.07 Å². The minimum absolute atomic E-state index is 0.0316. The van der Waals surface area contributed by atoms with Crippen molar-refractivity contribution in [2.75, 3.05) is 13.7 Å². The number of ether oxygens (including phenoxy) is 2. The number of hydrogen-bond donors (Lipinski definition) is 0. The van der Waals surface area contributed by atoms with Gasteiger partial charge in [-0.25, -0.2) is 13.2 Å². The fourth-order valence-corrected chi connectivity index (χ4v) is 1.45. The third kappa shape index (κ3) is 3.24. The lowest BCUT2D eigenvalue weighted by Crippen LogP contribution is -2.15. The van der Waals surface area contributed by atoms with Crippen LogP contribution in [0.3, 0.4) is 0 Å². The molecule has 0 fully saturated rings. The van der Waals surface area contributed by atoms with Crippen molar-refractivity contribution in [3.05, 3.63) is 29.1 Å². The number of rotatable bonds is 5. The molecule has 0 bridgehead atoms. The molecule has 0 saturated heterocycles. The van der Waals surface area contributed by atoms with Crippen molar-refractivity contribution in [2.45, 2.75) is 13.3 Å². The summed E-state index contributed by atoms with van der Waals surface area (Å²) in [7, 11) is 0.971. The summed E-state index contributed by atoms with van der Waals surface area (Å²) < 4.78 is 49.1. The Kier molecular flexibility index (Phi) is 4.91. The van der Waals surface area contributed by atoms with Gasteiger partial charge < -0.3 is 9.47 Å². The van der Waals surface area contributed by atoms with Gasteiger partial charge in [0.15, 0.2) is 23.2 Å². The maximum Gasteiger partial charge on any atom is 0.313 e. The molecule has 104 valence electrons. The van der Waals surface area contributed by atoms with Crippen LogP contribution in [0.1, 0.15) is 23.7 Å². The van der Waals surface area contributed by atoms with Crippen molar-refractivity contribution >= 4 is 11.8 Å². The summed E-state index contributed by atoms with van der Waals surface area (Å²) in [4.78, 5) is 22.7. The van der Waals surface area contributed by atoms with E-state index in [1.54, 1.807) is 0 Å². The highest BCUT2D eigenvalue weighted by Gasteiger charge is 2.26. The summed E-state index contributed by atoms with van der Waals surface area (Å²) in [5.74, 6) is -7.10. The SMILES string of the molecule is CCOC(=O)CC(=O)c1c(F)cc(F)c(OC)c1F. The smallest absolute Gasteiger partial charge is 0.313 e. The van der Waals surface area contributed by atoms with Gasteiger partial charge in [0.2, 0.25) is 0 Å². The molecule has 19 heavy (non-hydrogen) atoms. The van der Waals surface area contributed by atoms with Crippen LogP contribution in [0.2, 0.25) is 0 Å². The Morgan fingerprint density at radius 2 is 1.84 bits per heavy atom. The van der Waals surface area contributed by atoms with Gasteiger partial charge in [0.25, 0.3) is 0 Å². The first-order valence-electron chi connectivity index (χ1n) is 5.32. The number of methoxy groups -OCH3 is 1. The molecule has 0 N–H and O–H groups in total. The quantitative estimate of drug-likeness (QED) is 0.470. The Hall–Kier alpha value is -2.05. The Balaban J connectivity index is 3.13. The van der Waals surface area contributed by atoms with Crippen LogP contribution in [0.25, 0.3) is 0 Å². The van der Waals surface area contributed by atoms with E-state index in [4.69, 9.17) is 0 Å². The molecule has 0 aliphatic carbocycles. The minimum atomic E-state index is -1.48. The van der Waals surface area contributed by atoms with Gasteiger partial charge in [-0.3, -0.25) is 9.59 Å². The molecular weight excluding hydrogens is 265 g/mol. The summed E-state index contributed by atoms with van der Waals surface area (Å²) in [6.45, 7) is 1.55. The summed E-state index contributed by atoms with van der Waals surface area (Å²) in [5, 5.41) is 0. The van der Waals surface area contributed by atoms with Crippen LogP contribution in [-0.2, 0) is 9.53 Å². The molecule has 0 aliphatic heterocycles. The van der Waals surface area contributed by atoms with Crippen molar-refractivity contribution in [1.29, 1.82) is 0 Å².